The van der Waals surface area contributed by atoms with Crippen molar-refractivity contribution in [2.45, 2.75) is 31.7 Å². The van der Waals surface area contributed by atoms with Crippen molar-refractivity contribution in [3.8, 4) is 0 Å². The molecule has 3 aromatic carbocycles. The van der Waals surface area contributed by atoms with E-state index in [4.69, 9.17) is 9.47 Å². The highest BCUT2D eigenvalue weighted by atomic mass is 16.5. The number of hydrogen-bond donors (Lipinski definition) is 1. The van der Waals surface area contributed by atoms with Crippen LogP contribution in [-0.4, -0.2) is 54.8 Å². The average molecular weight is 530 g/mol. The Morgan fingerprint density at radius 2 is 1.28 bits per heavy atom. The fraction of sp³-hybridized carbons (Fsp3) is 0.281. The first-order valence-corrected chi connectivity index (χ1v) is 12.9. The Hall–Kier alpha value is -4.23. The van der Waals surface area contributed by atoms with Crippen LogP contribution in [0.25, 0.3) is 0 Å². The number of rotatable bonds is 12. The molecule has 0 aliphatic heterocycles. The normalized spacial score (nSPS) is 12.7. The summed E-state index contributed by atoms with van der Waals surface area (Å²) in [6.45, 7) is -0.437. The number of aliphatic hydroxyl groups is 1. The quantitative estimate of drug-likeness (QED) is 0.268. The van der Waals surface area contributed by atoms with E-state index in [1.165, 1.54) is 14.2 Å². The van der Waals surface area contributed by atoms with E-state index in [1.54, 1.807) is 6.08 Å². The Bertz CT molecular complexity index is 1230. The van der Waals surface area contributed by atoms with Gasteiger partial charge in [0.25, 0.3) is 5.91 Å². The van der Waals surface area contributed by atoms with Crippen LogP contribution in [0.1, 0.15) is 23.1 Å². The summed E-state index contributed by atoms with van der Waals surface area (Å²) in [5.41, 5.74) is 3.01. The fourth-order valence-electron chi connectivity index (χ4n) is 4.44. The van der Waals surface area contributed by atoms with Crippen LogP contribution in [0.2, 0.25) is 0 Å². The van der Waals surface area contributed by atoms with Gasteiger partial charge in [0.05, 0.1) is 32.8 Å². The molecule has 7 nitrogen and oxygen atoms in total. The van der Waals surface area contributed by atoms with Crippen molar-refractivity contribution in [2.24, 2.45) is 5.92 Å². The van der Waals surface area contributed by atoms with Crippen LogP contribution in [0.4, 0.5) is 4.79 Å². The SMILES string of the molecule is COC(=O)C(C/C=C(\Cc1ccccc1)C(=O)N(C(=O)OC)C(CO)Cc1ccccc1)Cc1ccccc1. The van der Waals surface area contributed by atoms with Crippen LogP contribution < -0.4 is 0 Å². The molecule has 39 heavy (non-hydrogen) atoms. The molecule has 2 atom stereocenters. The van der Waals surface area contributed by atoms with E-state index in [9.17, 15) is 19.5 Å². The van der Waals surface area contributed by atoms with Gasteiger partial charge in [-0.15, -0.1) is 0 Å². The molecule has 2 amide bonds. The van der Waals surface area contributed by atoms with Gasteiger partial charge in [0.1, 0.15) is 0 Å². The third kappa shape index (κ3) is 8.65. The minimum absolute atomic E-state index is 0.229. The number of aliphatic hydroxyl groups excluding tert-OH is 1. The Kier molecular flexibility index (Phi) is 11.5. The Labute approximate surface area is 229 Å². The summed E-state index contributed by atoms with van der Waals surface area (Å²) in [5, 5.41) is 10.2. The van der Waals surface area contributed by atoms with E-state index >= 15 is 0 Å². The smallest absolute Gasteiger partial charge is 0.416 e. The van der Waals surface area contributed by atoms with Gasteiger partial charge < -0.3 is 14.6 Å². The van der Waals surface area contributed by atoms with Gasteiger partial charge >= 0.3 is 12.1 Å². The van der Waals surface area contributed by atoms with Crippen LogP contribution in [0.3, 0.4) is 0 Å². The summed E-state index contributed by atoms with van der Waals surface area (Å²) in [4.78, 5) is 40.5. The lowest BCUT2D eigenvalue weighted by atomic mass is 9.93. The summed E-state index contributed by atoms with van der Waals surface area (Å²) in [6.07, 6.45) is 2.00. The molecular formula is C32H35NO6. The van der Waals surface area contributed by atoms with Gasteiger partial charge in [0.15, 0.2) is 0 Å². The number of carbonyl (C=O) groups excluding carboxylic acids is 3. The zero-order valence-electron chi connectivity index (χ0n) is 22.4. The first-order valence-electron chi connectivity index (χ1n) is 12.9. The molecule has 0 heterocycles. The van der Waals surface area contributed by atoms with Gasteiger partial charge in [-0.25, -0.2) is 9.69 Å². The fourth-order valence-corrected chi connectivity index (χ4v) is 4.44. The maximum Gasteiger partial charge on any atom is 0.416 e. The second-order valence-electron chi connectivity index (χ2n) is 9.21. The summed E-state index contributed by atoms with van der Waals surface area (Å²) in [7, 11) is 2.54. The summed E-state index contributed by atoms with van der Waals surface area (Å²) >= 11 is 0. The third-order valence-electron chi connectivity index (χ3n) is 6.50. The molecule has 7 heteroatoms. The number of ether oxygens (including phenoxy) is 2. The molecule has 204 valence electrons. The number of esters is 1. The number of amides is 2. The Balaban J connectivity index is 1.96. The molecule has 0 aliphatic carbocycles. The van der Waals surface area contributed by atoms with Gasteiger partial charge in [-0.2, -0.15) is 0 Å². The highest BCUT2D eigenvalue weighted by molar-refractivity contribution is 6.03. The largest absolute Gasteiger partial charge is 0.469 e. The lowest BCUT2D eigenvalue weighted by Crippen LogP contribution is -2.48. The van der Waals surface area contributed by atoms with Crippen LogP contribution in [0, 0.1) is 5.92 Å². The molecule has 0 aromatic heterocycles. The molecule has 0 bridgehead atoms. The van der Waals surface area contributed by atoms with Gasteiger partial charge in [0, 0.05) is 12.0 Å². The predicted octanol–water partition coefficient (Wildman–Crippen LogP) is 4.78. The molecule has 0 saturated carbocycles. The van der Waals surface area contributed by atoms with Crippen molar-refractivity contribution >= 4 is 18.0 Å². The second-order valence-corrected chi connectivity index (χ2v) is 9.21. The van der Waals surface area contributed by atoms with Gasteiger partial charge in [0.2, 0.25) is 0 Å². The molecule has 2 unspecified atom stereocenters. The lowest BCUT2D eigenvalue weighted by molar-refractivity contribution is -0.145. The minimum Gasteiger partial charge on any atom is -0.469 e. The zero-order valence-corrected chi connectivity index (χ0v) is 22.4. The highest BCUT2D eigenvalue weighted by Crippen LogP contribution is 2.21. The average Bonchev–Trinajstić information content (AvgIpc) is 2.98. The van der Waals surface area contributed by atoms with Crippen molar-refractivity contribution in [2.75, 3.05) is 20.8 Å². The topological polar surface area (TPSA) is 93.1 Å². The van der Waals surface area contributed by atoms with Crippen molar-refractivity contribution in [1.82, 2.24) is 4.90 Å². The van der Waals surface area contributed by atoms with Gasteiger partial charge in [-0.1, -0.05) is 97.1 Å². The predicted molar refractivity (Wildman–Crippen MR) is 149 cm³/mol. The number of benzene rings is 3. The number of nitrogens with zero attached hydrogens (tertiary/aromatic N) is 1. The Morgan fingerprint density at radius 3 is 1.77 bits per heavy atom. The Morgan fingerprint density at radius 1 is 0.769 bits per heavy atom. The molecule has 0 spiro atoms. The number of carbonyl (C=O) groups is 3. The number of imide groups is 1. The molecule has 3 aromatic rings. The van der Waals surface area contributed by atoms with Crippen molar-refractivity contribution in [1.29, 1.82) is 0 Å². The standard InChI is InChI=1S/C32H35NO6/c1-38-31(36)28(21-25-14-8-4-9-15-25)19-18-27(20-24-12-6-3-7-13-24)30(35)33(32(37)39-2)29(23-34)22-26-16-10-5-11-17-26/h3-18,28-29,34H,19-23H2,1-2H3/b27-18+. The molecule has 0 saturated heterocycles. The molecule has 0 fully saturated rings. The van der Waals surface area contributed by atoms with E-state index < -0.39 is 30.6 Å². The molecule has 1 N–H and O–H groups in total. The van der Waals surface area contributed by atoms with Crippen LogP contribution in [0.15, 0.2) is 103 Å². The van der Waals surface area contributed by atoms with Gasteiger partial charge in [-0.05, 0) is 36.0 Å². The molecule has 0 aliphatic rings. The maximum atomic E-state index is 14.0. The maximum absolute atomic E-state index is 14.0. The van der Waals surface area contributed by atoms with Crippen LogP contribution >= 0.6 is 0 Å². The van der Waals surface area contributed by atoms with E-state index in [-0.39, 0.29) is 25.2 Å². The minimum atomic E-state index is -0.859. The molecular weight excluding hydrogens is 494 g/mol. The first kappa shape index (κ1) is 29.3. The lowest BCUT2D eigenvalue weighted by Gasteiger charge is -2.29. The summed E-state index contributed by atoms with van der Waals surface area (Å²) in [6, 6.07) is 27.5. The van der Waals surface area contributed by atoms with E-state index in [0.717, 1.165) is 21.6 Å². The number of methoxy groups -OCH3 is 2. The molecule has 0 radical (unpaired) electrons. The van der Waals surface area contributed by atoms with Gasteiger partial charge in [-0.3, -0.25) is 9.59 Å². The third-order valence-corrected chi connectivity index (χ3v) is 6.50. The number of hydrogen-bond acceptors (Lipinski definition) is 6. The van der Waals surface area contributed by atoms with E-state index in [2.05, 4.69) is 0 Å². The zero-order chi connectivity index (χ0) is 28.0. The highest BCUT2D eigenvalue weighted by Gasteiger charge is 2.33. The van der Waals surface area contributed by atoms with Crippen LogP contribution in [0.5, 0.6) is 0 Å². The monoisotopic (exact) mass is 529 g/mol. The van der Waals surface area contributed by atoms with Crippen molar-refractivity contribution < 1.29 is 29.0 Å². The second kappa shape index (κ2) is 15.2. The van der Waals surface area contributed by atoms with E-state index in [0.29, 0.717) is 12.0 Å². The number of allylic oxidation sites excluding steroid dienone is 1. The van der Waals surface area contributed by atoms with Crippen LogP contribution in [-0.2, 0) is 38.3 Å². The molecule has 3 rings (SSSR count). The van der Waals surface area contributed by atoms with E-state index in [1.807, 2.05) is 91.0 Å². The summed E-state index contributed by atoms with van der Waals surface area (Å²) in [5.74, 6) is -1.49. The van der Waals surface area contributed by atoms with Crippen molar-refractivity contribution in [3.05, 3.63) is 119 Å². The first-order chi connectivity index (χ1) is 19.0. The van der Waals surface area contributed by atoms with Crippen molar-refractivity contribution in [3.63, 3.8) is 0 Å². The summed E-state index contributed by atoms with van der Waals surface area (Å²) < 4.78 is 10.0.